The number of piperidine rings is 1. The van der Waals surface area contributed by atoms with E-state index in [2.05, 4.69) is 17.6 Å². The van der Waals surface area contributed by atoms with Crippen LogP contribution in [-0.4, -0.2) is 25.0 Å². The third kappa shape index (κ3) is 3.54. The maximum Gasteiger partial charge on any atom is 0.254 e. The number of halogens is 2. The topological polar surface area (TPSA) is 41.1 Å². The van der Waals surface area contributed by atoms with Gasteiger partial charge >= 0.3 is 0 Å². The zero-order valence-electron chi connectivity index (χ0n) is 11.6. The summed E-state index contributed by atoms with van der Waals surface area (Å²) >= 11 is 0. The van der Waals surface area contributed by atoms with E-state index in [1.165, 1.54) is 6.07 Å². The van der Waals surface area contributed by atoms with Gasteiger partial charge in [-0.05, 0) is 37.4 Å². The highest BCUT2D eigenvalue weighted by Crippen LogP contribution is 2.19. The minimum Gasteiger partial charge on any atom is -0.350 e. The van der Waals surface area contributed by atoms with Gasteiger partial charge in [0.15, 0.2) is 0 Å². The Bertz CT molecular complexity index is 479. The molecule has 2 N–H and O–H groups in total. The van der Waals surface area contributed by atoms with Crippen LogP contribution in [0.5, 0.6) is 0 Å². The first-order chi connectivity index (χ1) is 9.61. The van der Waals surface area contributed by atoms with E-state index in [1.807, 2.05) is 0 Å². The molecule has 2 atom stereocenters. The molecule has 0 radical (unpaired) electrons. The van der Waals surface area contributed by atoms with Gasteiger partial charge in [0.1, 0.15) is 11.6 Å². The molecule has 2 rings (SSSR count). The van der Waals surface area contributed by atoms with Gasteiger partial charge in [0.05, 0.1) is 5.56 Å². The fourth-order valence-corrected chi connectivity index (χ4v) is 2.72. The Morgan fingerprint density at radius 3 is 2.95 bits per heavy atom. The Labute approximate surface area is 117 Å². The van der Waals surface area contributed by atoms with Gasteiger partial charge in [0, 0.05) is 18.7 Å². The summed E-state index contributed by atoms with van der Waals surface area (Å²) in [5.74, 6) is -1.47. The first-order valence-corrected chi connectivity index (χ1v) is 7.08. The first kappa shape index (κ1) is 14.9. The molecule has 2 unspecified atom stereocenters. The predicted octanol–water partition coefficient (Wildman–Crippen LogP) is 2.47. The molecule has 0 aromatic heterocycles. The van der Waals surface area contributed by atoms with Crippen LogP contribution in [0.1, 0.15) is 36.5 Å². The lowest BCUT2D eigenvalue weighted by molar-refractivity contribution is 0.0938. The van der Waals surface area contributed by atoms with E-state index in [-0.39, 0.29) is 11.6 Å². The summed E-state index contributed by atoms with van der Waals surface area (Å²) in [6.45, 7) is 3.54. The highest BCUT2D eigenvalue weighted by molar-refractivity contribution is 5.94. The second kappa shape index (κ2) is 6.79. The number of benzene rings is 1. The standard InChI is InChI=1S/C15H20F2N2O/c1-2-10-4-3-7-18-14(10)9-19-15(20)12-6-5-11(16)8-13(12)17/h5-6,8,10,14,18H,2-4,7,9H2,1H3,(H,19,20). The monoisotopic (exact) mass is 282 g/mol. The van der Waals surface area contributed by atoms with Gasteiger partial charge in [-0.1, -0.05) is 13.3 Å². The minimum absolute atomic E-state index is 0.116. The van der Waals surface area contributed by atoms with Crippen molar-refractivity contribution in [2.75, 3.05) is 13.1 Å². The van der Waals surface area contributed by atoms with Gasteiger partial charge in [0.2, 0.25) is 0 Å². The van der Waals surface area contributed by atoms with Crippen LogP contribution in [0.2, 0.25) is 0 Å². The average Bonchev–Trinajstić information content (AvgIpc) is 2.45. The van der Waals surface area contributed by atoms with Crippen LogP contribution in [0, 0.1) is 17.6 Å². The molecule has 0 bridgehead atoms. The highest BCUT2D eigenvalue weighted by atomic mass is 19.1. The molecule has 1 aliphatic heterocycles. The second-order valence-corrected chi connectivity index (χ2v) is 5.21. The fourth-order valence-electron chi connectivity index (χ4n) is 2.72. The first-order valence-electron chi connectivity index (χ1n) is 7.08. The van der Waals surface area contributed by atoms with Crippen molar-refractivity contribution in [3.63, 3.8) is 0 Å². The van der Waals surface area contributed by atoms with Crippen molar-refractivity contribution >= 4 is 5.91 Å². The van der Waals surface area contributed by atoms with Crippen molar-refractivity contribution in [3.05, 3.63) is 35.4 Å². The minimum atomic E-state index is -0.828. The molecule has 1 aromatic carbocycles. The zero-order chi connectivity index (χ0) is 14.5. The van der Waals surface area contributed by atoms with E-state index in [9.17, 15) is 13.6 Å². The summed E-state index contributed by atoms with van der Waals surface area (Å²) in [5, 5.41) is 6.11. The molecule has 0 aliphatic carbocycles. The molecule has 0 spiro atoms. The van der Waals surface area contributed by atoms with E-state index in [0.29, 0.717) is 12.5 Å². The number of rotatable bonds is 4. The largest absolute Gasteiger partial charge is 0.350 e. The fraction of sp³-hybridized carbons (Fsp3) is 0.533. The number of hydrogen-bond acceptors (Lipinski definition) is 2. The van der Waals surface area contributed by atoms with Gasteiger partial charge in [-0.15, -0.1) is 0 Å². The molecule has 1 amide bonds. The Hall–Kier alpha value is -1.49. The average molecular weight is 282 g/mol. The summed E-state index contributed by atoms with van der Waals surface area (Å²) < 4.78 is 26.3. The van der Waals surface area contributed by atoms with Crippen molar-refractivity contribution < 1.29 is 13.6 Å². The molecule has 0 saturated carbocycles. The van der Waals surface area contributed by atoms with Crippen LogP contribution in [0.3, 0.4) is 0 Å². The maximum atomic E-state index is 13.5. The van der Waals surface area contributed by atoms with Crippen molar-refractivity contribution in [3.8, 4) is 0 Å². The van der Waals surface area contributed by atoms with E-state index in [1.54, 1.807) is 0 Å². The van der Waals surface area contributed by atoms with Crippen LogP contribution in [-0.2, 0) is 0 Å². The number of carbonyl (C=O) groups is 1. The molecule has 5 heteroatoms. The van der Waals surface area contributed by atoms with Gasteiger partial charge in [-0.3, -0.25) is 4.79 Å². The molecule has 1 saturated heterocycles. The highest BCUT2D eigenvalue weighted by Gasteiger charge is 2.24. The molecule has 1 aliphatic rings. The summed E-state index contributed by atoms with van der Waals surface area (Å²) in [6.07, 6.45) is 3.35. The summed E-state index contributed by atoms with van der Waals surface area (Å²) in [7, 11) is 0. The van der Waals surface area contributed by atoms with Crippen LogP contribution in [0.25, 0.3) is 0 Å². The third-order valence-corrected chi connectivity index (χ3v) is 3.91. The van der Waals surface area contributed by atoms with Crippen molar-refractivity contribution in [2.45, 2.75) is 32.2 Å². The van der Waals surface area contributed by atoms with E-state index in [4.69, 9.17) is 0 Å². The maximum absolute atomic E-state index is 13.5. The lowest BCUT2D eigenvalue weighted by Gasteiger charge is -2.32. The second-order valence-electron chi connectivity index (χ2n) is 5.21. The van der Waals surface area contributed by atoms with Crippen molar-refractivity contribution in [2.24, 2.45) is 5.92 Å². The smallest absolute Gasteiger partial charge is 0.254 e. The van der Waals surface area contributed by atoms with Crippen molar-refractivity contribution in [1.29, 1.82) is 0 Å². The Morgan fingerprint density at radius 2 is 2.25 bits per heavy atom. The third-order valence-electron chi connectivity index (χ3n) is 3.91. The van der Waals surface area contributed by atoms with Crippen molar-refractivity contribution in [1.82, 2.24) is 10.6 Å². The molecular weight excluding hydrogens is 262 g/mol. The Balaban J connectivity index is 1.94. The van der Waals surface area contributed by atoms with Gasteiger partial charge in [-0.25, -0.2) is 8.78 Å². The van der Waals surface area contributed by atoms with Gasteiger partial charge in [-0.2, -0.15) is 0 Å². The molecule has 3 nitrogen and oxygen atoms in total. The molecule has 1 heterocycles. The van der Waals surface area contributed by atoms with Crippen LogP contribution in [0.4, 0.5) is 8.78 Å². The quantitative estimate of drug-likeness (QED) is 0.890. The summed E-state index contributed by atoms with van der Waals surface area (Å²) in [4.78, 5) is 11.9. The molecule has 1 aromatic rings. The normalized spacial score (nSPS) is 22.6. The molecule has 110 valence electrons. The van der Waals surface area contributed by atoms with Gasteiger partial charge < -0.3 is 10.6 Å². The van der Waals surface area contributed by atoms with Crippen LogP contribution < -0.4 is 10.6 Å². The molecule has 20 heavy (non-hydrogen) atoms. The number of amides is 1. The van der Waals surface area contributed by atoms with E-state index >= 15 is 0 Å². The lowest BCUT2D eigenvalue weighted by atomic mass is 9.88. The number of nitrogens with one attached hydrogen (secondary N) is 2. The van der Waals surface area contributed by atoms with Crippen LogP contribution >= 0.6 is 0 Å². The van der Waals surface area contributed by atoms with Gasteiger partial charge in [0.25, 0.3) is 5.91 Å². The number of hydrogen-bond donors (Lipinski definition) is 2. The Morgan fingerprint density at radius 1 is 1.45 bits per heavy atom. The SMILES string of the molecule is CCC1CCCNC1CNC(=O)c1ccc(F)cc1F. The number of carbonyl (C=O) groups excluding carboxylic acids is 1. The van der Waals surface area contributed by atoms with Crippen LogP contribution in [0.15, 0.2) is 18.2 Å². The summed E-state index contributed by atoms with van der Waals surface area (Å²) in [5.41, 5.74) is -0.116. The zero-order valence-corrected chi connectivity index (χ0v) is 11.6. The van der Waals surface area contributed by atoms with E-state index < -0.39 is 17.5 Å². The Kier molecular flexibility index (Phi) is 5.06. The predicted molar refractivity (Wildman–Crippen MR) is 73.5 cm³/mol. The molecular formula is C15H20F2N2O. The van der Waals surface area contributed by atoms with E-state index in [0.717, 1.165) is 37.9 Å². The molecule has 1 fully saturated rings. The lowest BCUT2D eigenvalue weighted by Crippen LogP contribution is -2.48. The summed E-state index contributed by atoms with van der Waals surface area (Å²) in [6, 6.07) is 3.21.